The van der Waals surface area contributed by atoms with Crippen LogP contribution in [0.3, 0.4) is 0 Å². The monoisotopic (exact) mass is 284 g/mol. The van der Waals surface area contributed by atoms with Crippen LogP contribution in [0, 0.1) is 6.92 Å². The lowest BCUT2D eigenvalue weighted by Gasteiger charge is -2.13. The smallest absolute Gasteiger partial charge is 0.164 e. The highest BCUT2D eigenvalue weighted by molar-refractivity contribution is 7.80. The molecule has 0 saturated heterocycles. The third kappa shape index (κ3) is 2.14. The molecule has 0 aliphatic carbocycles. The second-order valence-corrected chi connectivity index (χ2v) is 5.45. The molecular weight excluding hydrogens is 268 g/mol. The van der Waals surface area contributed by atoms with Gasteiger partial charge in [0.15, 0.2) is 5.65 Å². The van der Waals surface area contributed by atoms with E-state index in [2.05, 4.69) is 45.8 Å². The van der Waals surface area contributed by atoms with Crippen molar-refractivity contribution in [1.29, 1.82) is 0 Å². The highest BCUT2D eigenvalue weighted by Gasteiger charge is 2.11. The van der Waals surface area contributed by atoms with Gasteiger partial charge in [-0.2, -0.15) is 5.10 Å². The molecule has 0 N–H and O–H groups in total. The standard InChI is InChI=1S/C15H16N4S/c1-10-7-14(20)19-15(17-10)13(9-16-19)11-5-4-6-12(8-11)18(2)3/h4-9,20H,1-3H3. The minimum Gasteiger partial charge on any atom is -0.378 e. The number of rotatable bonds is 2. The molecule has 2 aromatic heterocycles. The van der Waals surface area contributed by atoms with Crippen molar-refractivity contribution in [2.45, 2.75) is 11.9 Å². The lowest BCUT2D eigenvalue weighted by molar-refractivity contribution is 0.838. The Labute approximate surface area is 123 Å². The van der Waals surface area contributed by atoms with Crippen LogP contribution in [0.25, 0.3) is 16.8 Å². The zero-order valence-electron chi connectivity index (χ0n) is 11.7. The van der Waals surface area contributed by atoms with Gasteiger partial charge in [0.1, 0.15) is 0 Å². The van der Waals surface area contributed by atoms with E-state index in [1.165, 1.54) is 0 Å². The molecule has 3 rings (SSSR count). The summed E-state index contributed by atoms with van der Waals surface area (Å²) in [6.45, 7) is 1.97. The van der Waals surface area contributed by atoms with E-state index in [1.807, 2.05) is 39.3 Å². The van der Waals surface area contributed by atoms with Crippen LogP contribution in [0.15, 0.2) is 41.6 Å². The van der Waals surface area contributed by atoms with E-state index in [4.69, 9.17) is 0 Å². The van der Waals surface area contributed by atoms with E-state index < -0.39 is 0 Å². The molecule has 0 bridgehead atoms. The molecule has 2 heterocycles. The number of hydrogen-bond donors (Lipinski definition) is 1. The molecular formula is C15H16N4S. The summed E-state index contributed by atoms with van der Waals surface area (Å²) in [6.07, 6.45) is 1.84. The average molecular weight is 284 g/mol. The summed E-state index contributed by atoms with van der Waals surface area (Å²) in [7, 11) is 4.06. The van der Waals surface area contributed by atoms with Crippen molar-refractivity contribution < 1.29 is 0 Å². The van der Waals surface area contributed by atoms with Gasteiger partial charge in [-0.05, 0) is 30.7 Å². The third-order valence-corrected chi connectivity index (χ3v) is 3.57. The number of nitrogens with zero attached hydrogens (tertiary/aromatic N) is 4. The Morgan fingerprint density at radius 1 is 1.20 bits per heavy atom. The maximum Gasteiger partial charge on any atom is 0.164 e. The van der Waals surface area contributed by atoms with E-state index in [0.29, 0.717) is 0 Å². The Balaban J connectivity index is 2.22. The summed E-state index contributed by atoms with van der Waals surface area (Å²) >= 11 is 4.45. The molecule has 0 aliphatic rings. The maximum absolute atomic E-state index is 4.59. The molecule has 0 aliphatic heterocycles. The van der Waals surface area contributed by atoms with Crippen molar-refractivity contribution in [3.05, 3.63) is 42.2 Å². The first-order valence-electron chi connectivity index (χ1n) is 6.38. The Morgan fingerprint density at radius 3 is 2.75 bits per heavy atom. The summed E-state index contributed by atoms with van der Waals surface area (Å²) in [5.41, 5.74) is 5.06. The number of benzene rings is 1. The van der Waals surface area contributed by atoms with E-state index in [1.54, 1.807) is 4.52 Å². The van der Waals surface area contributed by atoms with Gasteiger partial charge in [0.2, 0.25) is 0 Å². The average Bonchev–Trinajstić information content (AvgIpc) is 2.82. The highest BCUT2D eigenvalue weighted by Crippen LogP contribution is 2.27. The van der Waals surface area contributed by atoms with E-state index in [0.717, 1.165) is 33.2 Å². The van der Waals surface area contributed by atoms with Gasteiger partial charge in [0.25, 0.3) is 0 Å². The van der Waals surface area contributed by atoms with Gasteiger partial charge in [-0.1, -0.05) is 12.1 Å². The second-order valence-electron chi connectivity index (χ2n) is 4.99. The molecule has 5 heteroatoms. The number of fused-ring (bicyclic) bond motifs is 1. The third-order valence-electron chi connectivity index (χ3n) is 3.25. The fourth-order valence-corrected chi connectivity index (χ4v) is 2.55. The maximum atomic E-state index is 4.59. The summed E-state index contributed by atoms with van der Waals surface area (Å²) < 4.78 is 1.76. The molecule has 3 aromatic rings. The molecule has 102 valence electrons. The zero-order valence-corrected chi connectivity index (χ0v) is 12.6. The second kappa shape index (κ2) is 4.83. The van der Waals surface area contributed by atoms with Gasteiger partial charge in [-0.15, -0.1) is 12.6 Å². The molecule has 0 amide bonds. The molecule has 0 unspecified atom stereocenters. The lowest BCUT2D eigenvalue weighted by Crippen LogP contribution is -2.08. The summed E-state index contributed by atoms with van der Waals surface area (Å²) in [4.78, 5) is 6.67. The Hall–Kier alpha value is -2.01. The number of hydrogen-bond acceptors (Lipinski definition) is 4. The van der Waals surface area contributed by atoms with Crippen molar-refractivity contribution >= 4 is 24.0 Å². The fraction of sp³-hybridized carbons (Fsp3) is 0.200. The molecule has 0 fully saturated rings. The Bertz CT molecular complexity index is 777. The number of thiol groups is 1. The fourth-order valence-electron chi connectivity index (χ4n) is 2.22. The van der Waals surface area contributed by atoms with Crippen molar-refractivity contribution in [3.63, 3.8) is 0 Å². The topological polar surface area (TPSA) is 33.4 Å². The van der Waals surface area contributed by atoms with E-state index in [-0.39, 0.29) is 0 Å². The lowest BCUT2D eigenvalue weighted by atomic mass is 10.1. The van der Waals surface area contributed by atoms with Gasteiger partial charge < -0.3 is 4.90 Å². The minimum absolute atomic E-state index is 0.794. The first-order chi connectivity index (χ1) is 9.56. The van der Waals surface area contributed by atoms with Crippen LogP contribution in [0.1, 0.15) is 5.69 Å². The van der Waals surface area contributed by atoms with Gasteiger partial charge in [0.05, 0.1) is 11.2 Å². The van der Waals surface area contributed by atoms with Crippen molar-refractivity contribution in [2.24, 2.45) is 0 Å². The van der Waals surface area contributed by atoms with Crippen LogP contribution in [0.2, 0.25) is 0 Å². The quantitative estimate of drug-likeness (QED) is 0.580. The van der Waals surface area contributed by atoms with Crippen LogP contribution in [-0.2, 0) is 0 Å². The Kier molecular flexibility index (Phi) is 3.14. The van der Waals surface area contributed by atoms with Crippen LogP contribution >= 0.6 is 12.6 Å². The van der Waals surface area contributed by atoms with Crippen molar-refractivity contribution in [1.82, 2.24) is 14.6 Å². The number of aromatic nitrogens is 3. The summed E-state index contributed by atoms with van der Waals surface area (Å²) in [5.74, 6) is 0. The molecule has 0 atom stereocenters. The van der Waals surface area contributed by atoms with E-state index >= 15 is 0 Å². The van der Waals surface area contributed by atoms with Crippen molar-refractivity contribution in [3.8, 4) is 11.1 Å². The minimum atomic E-state index is 0.794. The number of aryl methyl sites for hydroxylation is 1. The first-order valence-corrected chi connectivity index (χ1v) is 6.83. The molecule has 0 spiro atoms. The highest BCUT2D eigenvalue weighted by atomic mass is 32.1. The Morgan fingerprint density at radius 2 is 2.00 bits per heavy atom. The SMILES string of the molecule is Cc1cc(S)n2ncc(-c3cccc(N(C)C)c3)c2n1. The van der Waals surface area contributed by atoms with Crippen LogP contribution in [0.5, 0.6) is 0 Å². The molecule has 0 saturated carbocycles. The van der Waals surface area contributed by atoms with Crippen molar-refractivity contribution in [2.75, 3.05) is 19.0 Å². The van der Waals surface area contributed by atoms with Gasteiger partial charge in [-0.25, -0.2) is 9.50 Å². The van der Waals surface area contributed by atoms with Crippen LogP contribution < -0.4 is 4.90 Å². The van der Waals surface area contributed by atoms with Gasteiger partial charge in [-0.3, -0.25) is 0 Å². The summed E-state index contributed by atoms with van der Waals surface area (Å²) in [6, 6.07) is 10.2. The van der Waals surface area contributed by atoms with E-state index in [9.17, 15) is 0 Å². The normalized spacial score (nSPS) is 11.0. The summed E-state index contributed by atoms with van der Waals surface area (Å²) in [5, 5.41) is 5.17. The predicted molar refractivity (Wildman–Crippen MR) is 84.7 cm³/mol. The largest absolute Gasteiger partial charge is 0.378 e. The van der Waals surface area contributed by atoms with Gasteiger partial charge >= 0.3 is 0 Å². The molecule has 1 aromatic carbocycles. The molecule has 20 heavy (non-hydrogen) atoms. The molecule has 4 nitrogen and oxygen atoms in total. The van der Waals surface area contributed by atoms with Gasteiger partial charge in [0, 0.05) is 31.0 Å². The van der Waals surface area contributed by atoms with Crippen LogP contribution in [-0.4, -0.2) is 28.7 Å². The zero-order chi connectivity index (χ0) is 14.3. The molecule has 0 radical (unpaired) electrons. The first kappa shape index (κ1) is 13.0. The predicted octanol–water partition coefficient (Wildman–Crippen LogP) is 3.06. The van der Waals surface area contributed by atoms with Crippen LogP contribution in [0.4, 0.5) is 5.69 Å². The number of anilines is 1.